The van der Waals surface area contributed by atoms with Crippen molar-refractivity contribution < 1.29 is 19.6 Å². The van der Waals surface area contributed by atoms with Crippen molar-refractivity contribution in [3.8, 4) is 0 Å². The average Bonchev–Trinajstić information content (AvgIpc) is 2.77. The van der Waals surface area contributed by atoms with Gasteiger partial charge in [0.25, 0.3) is 5.54 Å². The lowest BCUT2D eigenvalue weighted by Gasteiger charge is -2.42. The maximum Gasteiger partial charge on any atom is 0.314 e. The first-order valence-electron chi connectivity index (χ1n) is 10.6. The van der Waals surface area contributed by atoms with Crippen molar-refractivity contribution >= 4 is 5.97 Å². The molecular weight excluding hydrogens is 384 g/mol. The third kappa shape index (κ3) is 4.96. The molecule has 1 saturated heterocycles. The second kappa shape index (κ2) is 10.00. The van der Waals surface area contributed by atoms with Crippen LogP contribution in [0, 0.1) is 16.0 Å². The number of carboxylic acid groups (broad SMARTS) is 1. The third-order valence-electron chi connectivity index (χ3n) is 6.08. The Kier molecular flexibility index (Phi) is 7.39. The van der Waals surface area contributed by atoms with Gasteiger partial charge in [-0.05, 0) is 37.0 Å². The van der Waals surface area contributed by atoms with E-state index in [-0.39, 0.29) is 17.1 Å². The molecule has 7 nitrogen and oxygen atoms in total. The van der Waals surface area contributed by atoms with Gasteiger partial charge in [0, 0.05) is 18.0 Å². The van der Waals surface area contributed by atoms with Gasteiger partial charge in [-0.25, -0.2) is 0 Å². The highest BCUT2D eigenvalue weighted by Gasteiger charge is 2.50. The van der Waals surface area contributed by atoms with Gasteiger partial charge in [-0.1, -0.05) is 55.8 Å². The first kappa shape index (κ1) is 22.2. The van der Waals surface area contributed by atoms with Crippen molar-refractivity contribution in [2.24, 2.45) is 5.92 Å². The van der Waals surface area contributed by atoms with Crippen LogP contribution in [-0.2, 0) is 16.1 Å². The smallest absolute Gasteiger partial charge is 0.314 e. The summed E-state index contributed by atoms with van der Waals surface area (Å²) in [5, 5.41) is 21.3. The largest absolute Gasteiger partial charge is 0.481 e. The lowest BCUT2D eigenvalue weighted by molar-refractivity contribution is -0.549. The van der Waals surface area contributed by atoms with Gasteiger partial charge < -0.3 is 9.84 Å². The lowest BCUT2D eigenvalue weighted by atomic mass is 9.80. The van der Waals surface area contributed by atoms with Crippen molar-refractivity contribution in [1.82, 2.24) is 4.90 Å². The Bertz CT molecular complexity index is 770. The SMILES string of the molecule is CCCC(N1CCC(OCc2ccccc2)CC1)C1([N+](=O)[O-])C=CC(C(=O)O)C=C1. The highest BCUT2D eigenvalue weighted by Crippen LogP contribution is 2.33. The van der Waals surface area contributed by atoms with Gasteiger partial charge >= 0.3 is 5.97 Å². The number of benzene rings is 1. The molecular formula is C23H30N2O5. The molecule has 1 aliphatic heterocycles. The number of rotatable bonds is 9. The summed E-state index contributed by atoms with van der Waals surface area (Å²) in [6.45, 7) is 4.05. The van der Waals surface area contributed by atoms with Crippen molar-refractivity contribution in [3.63, 3.8) is 0 Å². The highest BCUT2D eigenvalue weighted by molar-refractivity contribution is 5.75. The van der Waals surface area contributed by atoms with Crippen molar-refractivity contribution in [2.75, 3.05) is 13.1 Å². The van der Waals surface area contributed by atoms with Gasteiger partial charge in [-0.2, -0.15) is 0 Å². The Balaban J connectivity index is 1.66. The number of aliphatic carboxylic acids is 1. The molecule has 1 atom stereocenters. The van der Waals surface area contributed by atoms with E-state index >= 15 is 0 Å². The van der Waals surface area contributed by atoms with E-state index in [2.05, 4.69) is 4.90 Å². The van der Waals surface area contributed by atoms with Crippen LogP contribution in [0.5, 0.6) is 0 Å². The van der Waals surface area contributed by atoms with E-state index < -0.39 is 17.4 Å². The van der Waals surface area contributed by atoms with E-state index in [4.69, 9.17) is 4.74 Å². The fourth-order valence-corrected chi connectivity index (χ4v) is 4.39. The molecule has 1 aromatic rings. The monoisotopic (exact) mass is 414 g/mol. The maximum absolute atomic E-state index is 12.1. The fourth-order valence-electron chi connectivity index (χ4n) is 4.39. The highest BCUT2D eigenvalue weighted by atomic mass is 16.6. The molecule has 0 amide bonds. The summed E-state index contributed by atoms with van der Waals surface area (Å²) in [5.41, 5.74) is -0.249. The molecule has 1 fully saturated rings. The van der Waals surface area contributed by atoms with Crippen LogP contribution >= 0.6 is 0 Å². The number of nitro groups is 1. The molecule has 1 aliphatic carbocycles. The van der Waals surface area contributed by atoms with E-state index in [1.807, 2.05) is 37.3 Å². The Morgan fingerprint density at radius 1 is 1.27 bits per heavy atom. The molecule has 0 aromatic heterocycles. The molecule has 0 bridgehead atoms. The Morgan fingerprint density at radius 2 is 1.90 bits per heavy atom. The van der Waals surface area contributed by atoms with Gasteiger partial charge in [0.2, 0.25) is 0 Å². The zero-order chi connectivity index (χ0) is 21.6. The molecule has 1 aromatic carbocycles. The molecule has 1 N–H and O–H groups in total. The van der Waals surface area contributed by atoms with Crippen LogP contribution in [0.15, 0.2) is 54.6 Å². The van der Waals surface area contributed by atoms with Gasteiger partial charge in [0.05, 0.1) is 24.7 Å². The van der Waals surface area contributed by atoms with E-state index in [0.717, 1.165) is 37.9 Å². The van der Waals surface area contributed by atoms with Crippen molar-refractivity contribution in [2.45, 2.75) is 56.9 Å². The van der Waals surface area contributed by atoms with Crippen molar-refractivity contribution in [1.29, 1.82) is 0 Å². The fraction of sp³-hybridized carbons (Fsp3) is 0.522. The number of hydrogen-bond acceptors (Lipinski definition) is 5. The zero-order valence-electron chi connectivity index (χ0n) is 17.4. The van der Waals surface area contributed by atoms with Crippen LogP contribution in [0.1, 0.15) is 38.2 Å². The summed E-state index contributed by atoms with van der Waals surface area (Å²) in [7, 11) is 0. The van der Waals surface area contributed by atoms with Crippen LogP contribution in [0.2, 0.25) is 0 Å². The van der Waals surface area contributed by atoms with Crippen LogP contribution in [0.25, 0.3) is 0 Å². The minimum absolute atomic E-state index is 0.143. The summed E-state index contributed by atoms with van der Waals surface area (Å²) >= 11 is 0. The normalized spacial score (nSPS) is 25.8. The first-order valence-corrected chi connectivity index (χ1v) is 10.6. The number of ether oxygens (including phenoxy) is 1. The lowest BCUT2D eigenvalue weighted by Crippen LogP contribution is -2.58. The van der Waals surface area contributed by atoms with E-state index in [1.165, 1.54) is 24.3 Å². The van der Waals surface area contributed by atoms with Crippen LogP contribution in [-0.4, -0.2) is 51.7 Å². The Labute approximate surface area is 177 Å². The number of hydrogen-bond donors (Lipinski definition) is 1. The van der Waals surface area contributed by atoms with Gasteiger partial charge in [-0.3, -0.25) is 19.8 Å². The summed E-state index contributed by atoms with van der Waals surface area (Å²) in [4.78, 5) is 25.3. The molecule has 30 heavy (non-hydrogen) atoms. The molecule has 1 heterocycles. The number of carbonyl (C=O) groups is 1. The van der Waals surface area contributed by atoms with Crippen LogP contribution < -0.4 is 0 Å². The van der Waals surface area contributed by atoms with Gasteiger partial charge in [0.1, 0.15) is 0 Å². The topological polar surface area (TPSA) is 92.9 Å². The molecule has 0 saturated carbocycles. The molecule has 0 radical (unpaired) electrons. The zero-order valence-corrected chi connectivity index (χ0v) is 17.4. The summed E-state index contributed by atoms with van der Waals surface area (Å²) in [6.07, 6.45) is 9.15. The minimum atomic E-state index is -1.39. The standard InChI is InChI=1S/C23H30N2O5/c1-2-6-21(23(25(28)29)13-9-19(10-14-23)22(26)27)24-15-11-20(12-16-24)30-17-18-7-4-3-5-8-18/h3-5,7-10,13-14,19-21H,2,6,11-12,15-17H2,1H3,(H,26,27). The van der Waals surface area contributed by atoms with Crippen molar-refractivity contribution in [3.05, 3.63) is 70.3 Å². The molecule has 2 aliphatic rings. The second-order valence-electron chi connectivity index (χ2n) is 8.06. The van der Waals surface area contributed by atoms with Crippen LogP contribution in [0.4, 0.5) is 0 Å². The van der Waals surface area contributed by atoms with Crippen LogP contribution in [0.3, 0.4) is 0 Å². The van der Waals surface area contributed by atoms with Gasteiger partial charge in [0.15, 0.2) is 0 Å². The van der Waals surface area contributed by atoms with E-state index in [0.29, 0.717) is 13.0 Å². The van der Waals surface area contributed by atoms with E-state index in [1.54, 1.807) is 0 Å². The first-order chi connectivity index (χ1) is 14.5. The predicted molar refractivity (Wildman–Crippen MR) is 114 cm³/mol. The molecule has 162 valence electrons. The number of likely N-dealkylation sites (tertiary alicyclic amines) is 1. The second-order valence-corrected chi connectivity index (χ2v) is 8.06. The molecule has 0 spiro atoms. The van der Waals surface area contributed by atoms with Gasteiger partial charge in [-0.15, -0.1) is 0 Å². The number of carboxylic acids is 1. The Hall–Kier alpha value is -2.51. The Morgan fingerprint density at radius 3 is 2.43 bits per heavy atom. The quantitative estimate of drug-likeness (QED) is 0.376. The predicted octanol–water partition coefficient (Wildman–Crippen LogP) is 3.68. The molecule has 1 unspecified atom stereocenters. The molecule has 7 heteroatoms. The summed E-state index contributed by atoms with van der Waals surface area (Å²) in [6, 6.07) is 9.74. The summed E-state index contributed by atoms with van der Waals surface area (Å²) in [5.74, 6) is -1.81. The summed E-state index contributed by atoms with van der Waals surface area (Å²) < 4.78 is 6.06. The third-order valence-corrected chi connectivity index (χ3v) is 6.08. The van der Waals surface area contributed by atoms with E-state index in [9.17, 15) is 20.0 Å². The number of nitrogens with zero attached hydrogens (tertiary/aromatic N) is 2. The number of piperidine rings is 1. The maximum atomic E-state index is 12.1. The molecule has 3 rings (SSSR count). The average molecular weight is 415 g/mol. The minimum Gasteiger partial charge on any atom is -0.481 e.